The smallest absolute Gasteiger partial charge is 0.0630 e. The summed E-state index contributed by atoms with van der Waals surface area (Å²) < 4.78 is 5.46. The molecule has 0 aromatic carbocycles. The Hall–Kier alpha value is 0.400. The van der Waals surface area contributed by atoms with Crippen molar-refractivity contribution in [1.29, 1.82) is 0 Å². The maximum absolute atomic E-state index is 5.46. The van der Waals surface area contributed by atoms with E-state index in [1.54, 1.807) is 0 Å². The van der Waals surface area contributed by atoms with Gasteiger partial charge in [0.05, 0.1) is 13.2 Å². The van der Waals surface area contributed by atoms with Crippen LogP contribution in [0.5, 0.6) is 0 Å². The highest BCUT2D eigenvalue weighted by atomic mass is 79.9. The van der Waals surface area contributed by atoms with E-state index >= 15 is 0 Å². The standard InChI is InChI=1S/C10H20BrNO/c1-8(2)9(3)12-4-5-13-7-10(12)6-11/h8-10H,4-7H2,1-3H3. The first-order chi connectivity index (χ1) is 6.16. The highest BCUT2D eigenvalue weighted by Gasteiger charge is 2.27. The molecule has 78 valence electrons. The fourth-order valence-electron chi connectivity index (χ4n) is 1.72. The molecule has 0 aromatic heterocycles. The van der Waals surface area contributed by atoms with E-state index in [1.165, 1.54) is 0 Å². The molecule has 2 unspecified atom stereocenters. The summed E-state index contributed by atoms with van der Waals surface area (Å²) in [5.74, 6) is 0.722. The molecule has 1 fully saturated rings. The van der Waals surface area contributed by atoms with Gasteiger partial charge in [0.2, 0.25) is 0 Å². The van der Waals surface area contributed by atoms with Gasteiger partial charge in [0.1, 0.15) is 0 Å². The normalized spacial score (nSPS) is 27.9. The Balaban J connectivity index is 2.53. The molecular weight excluding hydrogens is 230 g/mol. The van der Waals surface area contributed by atoms with Gasteiger partial charge in [0.25, 0.3) is 0 Å². The second-order valence-corrected chi connectivity index (χ2v) is 4.75. The van der Waals surface area contributed by atoms with Crippen LogP contribution in [0.1, 0.15) is 20.8 Å². The highest BCUT2D eigenvalue weighted by molar-refractivity contribution is 9.09. The zero-order valence-corrected chi connectivity index (χ0v) is 10.4. The van der Waals surface area contributed by atoms with Gasteiger partial charge in [-0.3, -0.25) is 4.90 Å². The molecule has 0 aromatic rings. The van der Waals surface area contributed by atoms with Crippen molar-refractivity contribution in [3.8, 4) is 0 Å². The van der Waals surface area contributed by atoms with Gasteiger partial charge >= 0.3 is 0 Å². The second kappa shape index (κ2) is 5.32. The molecule has 1 rings (SSSR count). The Morgan fingerprint density at radius 3 is 2.69 bits per heavy atom. The SMILES string of the molecule is CC(C)C(C)N1CCOCC1CBr. The van der Waals surface area contributed by atoms with Crippen molar-refractivity contribution in [3.63, 3.8) is 0 Å². The van der Waals surface area contributed by atoms with Gasteiger partial charge in [0, 0.05) is 24.0 Å². The number of ether oxygens (including phenoxy) is 1. The average molecular weight is 250 g/mol. The first-order valence-corrected chi connectivity index (χ1v) is 6.18. The van der Waals surface area contributed by atoms with E-state index in [9.17, 15) is 0 Å². The van der Waals surface area contributed by atoms with Gasteiger partial charge in [-0.15, -0.1) is 0 Å². The molecule has 1 aliphatic heterocycles. The van der Waals surface area contributed by atoms with Crippen LogP contribution < -0.4 is 0 Å². The first kappa shape index (κ1) is 11.5. The summed E-state index contributed by atoms with van der Waals surface area (Å²) in [6, 6.07) is 1.22. The summed E-state index contributed by atoms with van der Waals surface area (Å²) >= 11 is 3.55. The molecular formula is C10H20BrNO. The Labute approximate surface area is 89.8 Å². The van der Waals surface area contributed by atoms with Crippen molar-refractivity contribution in [2.75, 3.05) is 25.1 Å². The van der Waals surface area contributed by atoms with Gasteiger partial charge in [-0.2, -0.15) is 0 Å². The largest absolute Gasteiger partial charge is 0.378 e. The summed E-state index contributed by atoms with van der Waals surface area (Å²) in [5.41, 5.74) is 0. The molecule has 13 heavy (non-hydrogen) atoms. The average Bonchev–Trinajstić information content (AvgIpc) is 2.16. The third kappa shape index (κ3) is 2.93. The second-order valence-electron chi connectivity index (χ2n) is 4.11. The number of rotatable bonds is 3. The van der Waals surface area contributed by atoms with Gasteiger partial charge in [-0.05, 0) is 12.8 Å². The third-order valence-corrected chi connectivity index (χ3v) is 3.69. The Kier molecular flexibility index (Phi) is 4.70. The Morgan fingerprint density at radius 2 is 2.15 bits per heavy atom. The predicted molar refractivity (Wildman–Crippen MR) is 59.4 cm³/mol. The minimum Gasteiger partial charge on any atom is -0.378 e. The molecule has 1 aliphatic rings. The lowest BCUT2D eigenvalue weighted by Gasteiger charge is -2.40. The summed E-state index contributed by atoms with van der Waals surface area (Å²) in [5, 5.41) is 1.02. The topological polar surface area (TPSA) is 12.5 Å². The number of halogens is 1. The summed E-state index contributed by atoms with van der Waals surface area (Å²) in [6.07, 6.45) is 0. The van der Waals surface area contributed by atoms with Crippen molar-refractivity contribution < 1.29 is 4.74 Å². The third-order valence-electron chi connectivity index (χ3n) is 2.94. The lowest BCUT2D eigenvalue weighted by molar-refractivity contribution is -0.0250. The van der Waals surface area contributed by atoms with Crippen LogP contribution >= 0.6 is 15.9 Å². The van der Waals surface area contributed by atoms with Crippen LogP contribution in [0.4, 0.5) is 0 Å². The first-order valence-electron chi connectivity index (χ1n) is 5.06. The van der Waals surface area contributed by atoms with Crippen molar-refractivity contribution >= 4 is 15.9 Å². The van der Waals surface area contributed by atoms with Gasteiger partial charge < -0.3 is 4.74 Å². The fourth-order valence-corrected chi connectivity index (χ4v) is 2.28. The van der Waals surface area contributed by atoms with Crippen LogP contribution in [-0.2, 0) is 4.74 Å². The molecule has 2 nitrogen and oxygen atoms in total. The fraction of sp³-hybridized carbons (Fsp3) is 1.00. The maximum Gasteiger partial charge on any atom is 0.0630 e. The van der Waals surface area contributed by atoms with Crippen LogP contribution in [0.2, 0.25) is 0 Å². The zero-order valence-electron chi connectivity index (χ0n) is 8.79. The lowest BCUT2D eigenvalue weighted by Crippen LogP contribution is -2.52. The minimum atomic E-state index is 0.561. The molecule has 0 amide bonds. The van der Waals surface area contributed by atoms with Crippen molar-refractivity contribution in [2.45, 2.75) is 32.9 Å². The van der Waals surface area contributed by atoms with Gasteiger partial charge in [-0.1, -0.05) is 29.8 Å². The molecule has 1 heterocycles. The number of nitrogens with zero attached hydrogens (tertiary/aromatic N) is 1. The molecule has 1 saturated heterocycles. The predicted octanol–water partition coefficient (Wildman–Crippen LogP) is 2.13. The Bertz CT molecular complexity index is 150. The van der Waals surface area contributed by atoms with Crippen LogP contribution in [0.15, 0.2) is 0 Å². The quantitative estimate of drug-likeness (QED) is 0.711. The minimum absolute atomic E-state index is 0.561. The Morgan fingerprint density at radius 1 is 1.46 bits per heavy atom. The van der Waals surface area contributed by atoms with E-state index in [-0.39, 0.29) is 0 Å². The molecule has 3 heteroatoms. The van der Waals surface area contributed by atoms with Crippen LogP contribution in [-0.4, -0.2) is 42.1 Å². The van der Waals surface area contributed by atoms with E-state index in [2.05, 4.69) is 41.6 Å². The zero-order chi connectivity index (χ0) is 9.84. The summed E-state index contributed by atoms with van der Waals surface area (Å²) in [4.78, 5) is 2.56. The molecule has 2 atom stereocenters. The number of alkyl halides is 1. The highest BCUT2D eigenvalue weighted by Crippen LogP contribution is 2.17. The molecule has 0 radical (unpaired) electrons. The number of morpholine rings is 1. The molecule has 0 N–H and O–H groups in total. The van der Waals surface area contributed by atoms with Gasteiger partial charge in [0.15, 0.2) is 0 Å². The van der Waals surface area contributed by atoms with E-state index in [0.29, 0.717) is 12.1 Å². The molecule has 0 bridgehead atoms. The van der Waals surface area contributed by atoms with Crippen LogP contribution in [0.3, 0.4) is 0 Å². The van der Waals surface area contributed by atoms with Crippen LogP contribution in [0.25, 0.3) is 0 Å². The van der Waals surface area contributed by atoms with Crippen LogP contribution in [0, 0.1) is 5.92 Å². The van der Waals surface area contributed by atoms with Crippen molar-refractivity contribution in [3.05, 3.63) is 0 Å². The lowest BCUT2D eigenvalue weighted by atomic mass is 10.0. The number of hydrogen-bond donors (Lipinski definition) is 0. The monoisotopic (exact) mass is 249 g/mol. The summed E-state index contributed by atoms with van der Waals surface area (Å²) in [7, 11) is 0. The summed E-state index contributed by atoms with van der Waals surface area (Å²) in [6.45, 7) is 9.72. The van der Waals surface area contributed by atoms with Crippen molar-refractivity contribution in [2.24, 2.45) is 5.92 Å². The molecule has 0 spiro atoms. The van der Waals surface area contributed by atoms with E-state index in [1.807, 2.05) is 0 Å². The van der Waals surface area contributed by atoms with E-state index < -0.39 is 0 Å². The van der Waals surface area contributed by atoms with E-state index in [0.717, 1.165) is 31.0 Å². The van der Waals surface area contributed by atoms with E-state index in [4.69, 9.17) is 4.74 Å². The molecule has 0 saturated carbocycles. The molecule has 0 aliphatic carbocycles. The maximum atomic E-state index is 5.46. The van der Waals surface area contributed by atoms with Crippen molar-refractivity contribution in [1.82, 2.24) is 4.90 Å². The number of hydrogen-bond acceptors (Lipinski definition) is 2. The van der Waals surface area contributed by atoms with Gasteiger partial charge in [-0.25, -0.2) is 0 Å².